The van der Waals surface area contributed by atoms with Gasteiger partial charge in [0, 0.05) is 24.1 Å². The summed E-state index contributed by atoms with van der Waals surface area (Å²) in [6.45, 7) is 8.31. The predicted molar refractivity (Wildman–Crippen MR) is 76.6 cm³/mol. The highest BCUT2D eigenvalue weighted by atomic mass is 16.5. The molecule has 2 heterocycles. The van der Waals surface area contributed by atoms with Crippen molar-refractivity contribution in [3.63, 3.8) is 0 Å². The van der Waals surface area contributed by atoms with E-state index in [0.717, 1.165) is 31.1 Å². The van der Waals surface area contributed by atoms with Crippen molar-refractivity contribution < 1.29 is 4.74 Å². The van der Waals surface area contributed by atoms with Gasteiger partial charge in [-0.1, -0.05) is 38.1 Å². The molecule has 3 nitrogen and oxygen atoms in total. The topological polar surface area (TPSA) is 27.1 Å². The first-order valence-electron chi connectivity index (χ1n) is 6.98. The number of aromatic nitrogens is 2. The Morgan fingerprint density at radius 3 is 2.79 bits per heavy atom. The number of hydrogen-bond donors (Lipinski definition) is 0. The molecule has 0 atom stereocenters. The summed E-state index contributed by atoms with van der Waals surface area (Å²) < 4.78 is 7.89. The summed E-state index contributed by atoms with van der Waals surface area (Å²) in [4.78, 5) is 0. The van der Waals surface area contributed by atoms with Gasteiger partial charge < -0.3 is 4.74 Å². The quantitative estimate of drug-likeness (QED) is 0.818. The Kier molecular flexibility index (Phi) is 3.05. The maximum atomic E-state index is 5.86. The molecule has 0 radical (unpaired) electrons. The monoisotopic (exact) mass is 256 g/mol. The van der Waals surface area contributed by atoms with Crippen molar-refractivity contribution in [2.24, 2.45) is 0 Å². The van der Waals surface area contributed by atoms with Crippen molar-refractivity contribution in [2.45, 2.75) is 39.7 Å². The van der Waals surface area contributed by atoms with E-state index < -0.39 is 0 Å². The van der Waals surface area contributed by atoms with Crippen molar-refractivity contribution >= 4 is 0 Å². The van der Waals surface area contributed by atoms with E-state index in [0.29, 0.717) is 5.92 Å². The normalized spacial score (nSPS) is 14.3. The summed E-state index contributed by atoms with van der Waals surface area (Å²) >= 11 is 0. The zero-order valence-electron chi connectivity index (χ0n) is 11.8. The van der Waals surface area contributed by atoms with Gasteiger partial charge in [-0.2, -0.15) is 5.10 Å². The Morgan fingerprint density at radius 2 is 2.05 bits per heavy atom. The summed E-state index contributed by atoms with van der Waals surface area (Å²) in [5, 5.41) is 4.79. The minimum Gasteiger partial charge on any atom is -0.478 e. The lowest BCUT2D eigenvalue weighted by atomic mass is 9.96. The molecule has 1 aliphatic rings. The highest BCUT2D eigenvalue weighted by molar-refractivity contribution is 5.69. The van der Waals surface area contributed by atoms with Crippen molar-refractivity contribution in [1.82, 2.24) is 9.78 Å². The Labute approximate surface area is 114 Å². The molecule has 0 amide bonds. The van der Waals surface area contributed by atoms with E-state index in [2.05, 4.69) is 45.0 Å². The van der Waals surface area contributed by atoms with Gasteiger partial charge in [-0.05, 0) is 18.4 Å². The van der Waals surface area contributed by atoms with E-state index >= 15 is 0 Å². The Morgan fingerprint density at radius 1 is 1.26 bits per heavy atom. The highest BCUT2D eigenvalue weighted by Gasteiger charge is 2.25. The van der Waals surface area contributed by atoms with E-state index in [1.165, 1.54) is 16.7 Å². The molecule has 0 spiro atoms. The third kappa shape index (κ3) is 2.03. The second-order valence-corrected chi connectivity index (χ2v) is 5.46. The van der Waals surface area contributed by atoms with Crippen LogP contribution < -0.4 is 4.74 Å². The average Bonchev–Trinajstić information content (AvgIpc) is 2.78. The maximum absolute atomic E-state index is 5.86. The third-order valence-corrected chi connectivity index (χ3v) is 3.67. The van der Waals surface area contributed by atoms with Gasteiger partial charge in [0.25, 0.3) is 0 Å². The van der Waals surface area contributed by atoms with Gasteiger partial charge in [-0.25, -0.2) is 4.68 Å². The van der Waals surface area contributed by atoms with Gasteiger partial charge in [0.05, 0.1) is 12.3 Å². The maximum Gasteiger partial charge on any atom is 0.215 e. The summed E-state index contributed by atoms with van der Waals surface area (Å²) in [5.74, 6) is 1.39. The van der Waals surface area contributed by atoms with Crippen molar-refractivity contribution in [1.29, 1.82) is 0 Å². The fraction of sp³-hybridized carbons (Fsp3) is 0.438. The number of fused-ring (bicyclic) bond motifs is 1. The van der Waals surface area contributed by atoms with Crippen LogP contribution >= 0.6 is 0 Å². The minimum absolute atomic E-state index is 0.413. The fourth-order valence-corrected chi connectivity index (χ4v) is 2.71. The molecule has 0 bridgehead atoms. The number of nitrogens with zero attached hydrogens (tertiary/aromatic N) is 2. The molecule has 0 N–H and O–H groups in total. The number of benzene rings is 1. The first-order valence-corrected chi connectivity index (χ1v) is 6.98. The van der Waals surface area contributed by atoms with Crippen LogP contribution in [0.15, 0.2) is 24.3 Å². The molecule has 1 aromatic heterocycles. The van der Waals surface area contributed by atoms with E-state index in [-0.39, 0.29) is 0 Å². The minimum atomic E-state index is 0.413. The molecule has 2 aromatic rings. The van der Waals surface area contributed by atoms with Crippen LogP contribution in [-0.4, -0.2) is 16.4 Å². The van der Waals surface area contributed by atoms with E-state index in [1.807, 2.05) is 4.68 Å². The highest BCUT2D eigenvalue weighted by Crippen LogP contribution is 2.38. The molecular weight excluding hydrogens is 236 g/mol. The third-order valence-electron chi connectivity index (χ3n) is 3.67. The molecule has 0 saturated heterocycles. The Balaban J connectivity index is 2.21. The Bertz CT molecular complexity index is 599. The fourth-order valence-electron chi connectivity index (χ4n) is 2.71. The number of rotatable bonds is 2. The van der Waals surface area contributed by atoms with Gasteiger partial charge in [-0.3, -0.25) is 0 Å². The van der Waals surface area contributed by atoms with E-state index in [9.17, 15) is 0 Å². The van der Waals surface area contributed by atoms with E-state index in [4.69, 9.17) is 9.84 Å². The van der Waals surface area contributed by atoms with Crippen LogP contribution in [0.3, 0.4) is 0 Å². The van der Waals surface area contributed by atoms with Gasteiger partial charge in [0.1, 0.15) is 0 Å². The first-order chi connectivity index (χ1) is 9.18. The van der Waals surface area contributed by atoms with Gasteiger partial charge in [0.2, 0.25) is 5.88 Å². The molecule has 1 aromatic carbocycles. The molecule has 0 unspecified atom stereocenters. The molecule has 100 valence electrons. The second kappa shape index (κ2) is 4.72. The molecule has 0 fully saturated rings. The van der Waals surface area contributed by atoms with Crippen LogP contribution in [0, 0.1) is 6.92 Å². The van der Waals surface area contributed by atoms with E-state index in [1.54, 1.807) is 0 Å². The molecular formula is C16H20N2O. The number of hydrogen-bond acceptors (Lipinski definition) is 2. The van der Waals surface area contributed by atoms with Crippen LogP contribution in [0.2, 0.25) is 0 Å². The smallest absolute Gasteiger partial charge is 0.215 e. The number of aryl methyl sites for hydroxylation is 2. The van der Waals surface area contributed by atoms with Crippen molar-refractivity contribution in [2.75, 3.05) is 6.61 Å². The van der Waals surface area contributed by atoms with Gasteiger partial charge >= 0.3 is 0 Å². The summed E-state index contributed by atoms with van der Waals surface area (Å²) in [7, 11) is 0. The molecule has 0 aliphatic carbocycles. The van der Waals surface area contributed by atoms with Crippen LogP contribution in [-0.2, 0) is 6.54 Å². The lowest BCUT2D eigenvalue weighted by Crippen LogP contribution is -2.15. The molecule has 19 heavy (non-hydrogen) atoms. The molecule has 0 saturated carbocycles. The molecule has 1 aliphatic heterocycles. The summed E-state index contributed by atoms with van der Waals surface area (Å²) in [6, 6.07) is 8.43. The van der Waals surface area contributed by atoms with Gasteiger partial charge in [-0.15, -0.1) is 0 Å². The first kappa shape index (κ1) is 12.3. The lowest BCUT2D eigenvalue weighted by Gasteiger charge is -2.17. The average molecular weight is 256 g/mol. The zero-order chi connectivity index (χ0) is 13.4. The molecule has 3 heteroatoms. The molecule has 3 rings (SSSR count). The largest absolute Gasteiger partial charge is 0.478 e. The van der Waals surface area contributed by atoms with Crippen LogP contribution in [0.5, 0.6) is 5.88 Å². The number of ether oxygens (including phenoxy) is 1. The predicted octanol–water partition coefficient (Wildman–Crippen LogP) is 3.76. The summed E-state index contributed by atoms with van der Waals surface area (Å²) in [6.07, 6.45) is 1.04. The second-order valence-electron chi connectivity index (χ2n) is 5.46. The zero-order valence-corrected chi connectivity index (χ0v) is 11.8. The SMILES string of the molecule is Cc1ccccc1-c1nn2c(c1C(C)C)OCCC2. The standard InChI is InChI=1S/C16H20N2O/c1-11(2)14-15(13-8-5-4-7-12(13)3)17-18-9-6-10-19-16(14)18/h4-5,7-8,11H,6,9-10H2,1-3H3. The Hall–Kier alpha value is -1.77. The summed E-state index contributed by atoms with van der Waals surface area (Å²) in [5.41, 5.74) is 4.82. The van der Waals surface area contributed by atoms with Crippen molar-refractivity contribution in [3.8, 4) is 17.1 Å². The van der Waals surface area contributed by atoms with Crippen LogP contribution in [0.1, 0.15) is 37.3 Å². The van der Waals surface area contributed by atoms with Crippen LogP contribution in [0.4, 0.5) is 0 Å². The van der Waals surface area contributed by atoms with Crippen molar-refractivity contribution in [3.05, 3.63) is 35.4 Å². The van der Waals surface area contributed by atoms with Crippen LogP contribution in [0.25, 0.3) is 11.3 Å². The lowest BCUT2D eigenvalue weighted by molar-refractivity contribution is 0.227. The van der Waals surface area contributed by atoms with Gasteiger partial charge in [0.15, 0.2) is 0 Å².